The topological polar surface area (TPSA) is 38.7 Å². The molecule has 24 heavy (non-hydrogen) atoms. The summed E-state index contributed by atoms with van der Waals surface area (Å²) in [5, 5.41) is 0. The minimum absolute atomic E-state index is 0.918. The Kier molecular flexibility index (Phi) is 4.54. The SMILES string of the molecule is C[Si](C)(C)C#Cc1ccc(-c2ncncc2-c2ccncc2)cc1. The summed E-state index contributed by atoms with van der Waals surface area (Å²) in [7, 11) is -1.36. The zero-order valence-electron chi connectivity index (χ0n) is 14.1. The number of rotatable bonds is 2. The third-order valence-electron chi connectivity index (χ3n) is 3.44. The summed E-state index contributed by atoms with van der Waals surface area (Å²) in [6.45, 7) is 6.74. The maximum absolute atomic E-state index is 4.48. The Morgan fingerprint density at radius 2 is 1.54 bits per heavy atom. The van der Waals surface area contributed by atoms with Gasteiger partial charge in [-0.15, -0.1) is 5.54 Å². The number of benzene rings is 1. The molecule has 3 nitrogen and oxygen atoms in total. The lowest BCUT2D eigenvalue weighted by atomic mass is 10.0. The van der Waals surface area contributed by atoms with Crippen molar-refractivity contribution in [2.24, 2.45) is 0 Å². The molecule has 0 N–H and O–H groups in total. The van der Waals surface area contributed by atoms with Crippen LogP contribution < -0.4 is 0 Å². The van der Waals surface area contributed by atoms with Crippen LogP contribution in [0.5, 0.6) is 0 Å². The van der Waals surface area contributed by atoms with Crippen LogP contribution in [0.2, 0.25) is 19.6 Å². The molecule has 0 saturated carbocycles. The van der Waals surface area contributed by atoms with E-state index in [1.807, 2.05) is 18.3 Å². The van der Waals surface area contributed by atoms with Gasteiger partial charge < -0.3 is 0 Å². The van der Waals surface area contributed by atoms with Gasteiger partial charge >= 0.3 is 0 Å². The molecule has 4 heteroatoms. The second-order valence-electron chi connectivity index (χ2n) is 6.60. The van der Waals surface area contributed by atoms with E-state index in [9.17, 15) is 0 Å². The number of hydrogen-bond acceptors (Lipinski definition) is 3. The van der Waals surface area contributed by atoms with E-state index in [1.54, 1.807) is 18.7 Å². The maximum Gasteiger partial charge on any atom is 0.129 e. The molecule has 2 aromatic heterocycles. The van der Waals surface area contributed by atoms with E-state index in [-0.39, 0.29) is 0 Å². The molecule has 0 aliphatic heterocycles. The summed E-state index contributed by atoms with van der Waals surface area (Å²) in [6, 6.07) is 12.2. The van der Waals surface area contributed by atoms with Gasteiger partial charge in [-0.05, 0) is 29.8 Å². The fourth-order valence-electron chi connectivity index (χ4n) is 2.27. The molecule has 0 fully saturated rings. The fraction of sp³-hybridized carbons (Fsp3) is 0.150. The molecule has 1 aromatic carbocycles. The molecule has 118 valence electrons. The maximum atomic E-state index is 4.48. The summed E-state index contributed by atoms with van der Waals surface area (Å²) < 4.78 is 0. The zero-order chi connectivity index (χ0) is 17.0. The molecule has 2 heterocycles. The Balaban J connectivity index is 1.97. The lowest BCUT2D eigenvalue weighted by Crippen LogP contribution is -2.16. The molecule has 3 rings (SSSR count). The van der Waals surface area contributed by atoms with Crippen LogP contribution in [-0.2, 0) is 0 Å². The Bertz CT molecular complexity index is 886. The highest BCUT2D eigenvalue weighted by Gasteiger charge is 2.09. The van der Waals surface area contributed by atoms with Gasteiger partial charge in [0.05, 0.1) is 5.69 Å². The van der Waals surface area contributed by atoms with E-state index < -0.39 is 8.07 Å². The summed E-state index contributed by atoms with van der Waals surface area (Å²) in [4.78, 5) is 12.7. The average molecular weight is 329 g/mol. The zero-order valence-corrected chi connectivity index (χ0v) is 15.1. The lowest BCUT2D eigenvalue weighted by Gasteiger charge is -2.08. The molecular weight excluding hydrogens is 310 g/mol. The molecule has 3 aromatic rings. The van der Waals surface area contributed by atoms with Crippen molar-refractivity contribution in [2.75, 3.05) is 0 Å². The molecule has 0 aliphatic rings. The molecule has 0 amide bonds. The van der Waals surface area contributed by atoms with Gasteiger partial charge in [-0.1, -0.05) is 37.7 Å². The van der Waals surface area contributed by atoms with Crippen molar-refractivity contribution >= 4 is 8.07 Å². The first kappa shape index (κ1) is 16.1. The standard InChI is InChI=1S/C20H19N3Si/c1-24(2,3)13-10-16-4-6-18(7-5-16)20-19(14-22-15-23-20)17-8-11-21-12-9-17/h4-9,11-12,14-15H,1-3H3. The van der Waals surface area contributed by atoms with Crippen LogP contribution in [-0.4, -0.2) is 23.0 Å². The highest BCUT2D eigenvalue weighted by atomic mass is 28.3. The van der Waals surface area contributed by atoms with E-state index in [4.69, 9.17) is 0 Å². The van der Waals surface area contributed by atoms with Crippen molar-refractivity contribution in [3.63, 3.8) is 0 Å². The predicted octanol–water partition coefficient (Wildman–Crippen LogP) is 4.43. The highest BCUT2D eigenvalue weighted by Crippen LogP contribution is 2.29. The minimum Gasteiger partial charge on any atom is -0.265 e. The van der Waals surface area contributed by atoms with Gasteiger partial charge in [-0.3, -0.25) is 4.98 Å². The quantitative estimate of drug-likeness (QED) is 0.515. The van der Waals surface area contributed by atoms with Crippen LogP contribution in [0.25, 0.3) is 22.4 Å². The number of hydrogen-bond donors (Lipinski definition) is 0. The normalized spacial score (nSPS) is 10.8. The van der Waals surface area contributed by atoms with Gasteiger partial charge in [-0.25, -0.2) is 9.97 Å². The molecular formula is C20H19N3Si. The Labute approximate surface area is 143 Å². The fourth-order valence-corrected chi connectivity index (χ4v) is 2.79. The van der Waals surface area contributed by atoms with Crippen molar-refractivity contribution in [2.45, 2.75) is 19.6 Å². The van der Waals surface area contributed by atoms with Gasteiger partial charge in [0.25, 0.3) is 0 Å². The molecule has 0 bridgehead atoms. The van der Waals surface area contributed by atoms with Crippen LogP contribution in [0.15, 0.2) is 61.3 Å². The van der Waals surface area contributed by atoms with Crippen molar-refractivity contribution in [1.82, 2.24) is 15.0 Å². The Hall–Kier alpha value is -2.77. The van der Waals surface area contributed by atoms with Crippen molar-refractivity contribution in [3.8, 4) is 33.8 Å². The van der Waals surface area contributed by atoms with Gasteiger partial charge in [0.2, 0.25) is 0 Å². The Morgan fingerprint density at radius 1 is 0.833 bits per heavy atom. The average Bonchev–Trinajstić information content (AvgIpc) is 2.61. The monoisotopic (exact) mass is 329 g/mol. The van der Waals surface area contributed by atoms with Gasteiger partial charge in [0.1, 0.15) is 14.4 Å². The second kappa shape index (κ2) is 6.77. The second-order valence-corrected chi connectivity index (χ2v) is 11.3. The van der Waals surface area contributed by atoms with E-state index in [2.05, 4.69) is 70.3 Å². The molecule has 0 atom stereocenters. The first-order chi connectivity index (χ1) is 11.5. The van der Waals surface area contributed by atoms with Crippen LogP contribution >= 0.6 is 0 Å². The van der Waals surface area contributed by atoms with Crippen molar-refractivity contribution < 1.29 is 0 Å². The van der Waals surface area contributed by atoms with E-state index in [1.165, 1.54) is 0 Å². The van der Waals surface area contributed by atoms with Crippen LogP contribution in [0.3, 0.4) is 0 Å². The summed E-state index contributed by atoms with van der Waals surface area (Å²) in [5.74, 6) is 3.28. The van der Waals surface area contributed by atoms with E-state index in [0.717, 1.165) is 27.9 Å². The molecule has 0 radical (unpaired) electrons. The van der Waals surface area contributed by atoms with E-state index >= 15 is 0 Å². The summed E-state index contributed by atoms with van der Waals surface area (Å²) >= 11 is 0. The molecule has 0 saturated heterocycles. The van der Waals surface area contributed by atoms with Crippen molar-refractivity contribution in [1.29, 1.82) is 0 Å². The first-order valence-corrected chi connectivity index (χ1v) is 11.4. The summed E-state index contributed by atoms with van der Waals surface area (Å²) in [6.07, 6.45) is 6.98. The third kappa shape index (κ3) is 3.95. The highest BCUT2D eigenvalue weighted by molar-refractivity contribution is 6.83. The van der Waals surface area contributed by atoms with Gasteiger partial charge in [0, 0.05) is 35.3 Å². The van der Waals surface area contributed by atoms with Crippen LogP contribution in [0.4, 0.5) is 0 Å². The number of aromatic nitrogens is 3. The predicted molar refractivity (Wildman–Crippen MR) is 101 cm³/mol. The first-order valence-electron chi connectivity index (χ1n) is 7.87. The largest absolute Gasteiger partial charge is 0.265 e. The van der Waals surface area contributed by atoms with Gasteiger partial charge in [0.15, 0.2) is 0 Å². The summed E-state index contributed by atoms with van der Waals surface area (Å²) in [5.41, 5.74) is 8.47. The number of nitrogens with zero attached hydrogens (tertiary/aromatic N) is 3. The molecule has 0 aliphatic carbocycles. The van der Waals surface area contributed by atoms with Crippen LogP contribution in [0.1, 0.15) is 5.56 Å². The lowest BCUT2D eigenvalue weighted by molar-refractivity contribution is 1.17. The van der Waals surface area contributed by atoms with Gasteiger partial charge in [-0.2, -0.15) is 0 Å². The number of pyridine rings is 1. The Morgan fingerprint density at radius 3 is 2.21 bits per heavy atom. The van der Waals surface area contributed by atoms with E-state index in [0.29, 0.717) is 0 Å². The molecule has 0 spiro atoms. The van der Waals surface area contributed by atoms with Crippen molar-refractivity contribution in [3.05, 3.63) is 66.9 Å². The smallest absolute Gasteiger partial charge is 0.129 e. The van der Waals surface area contributed by atoms with Crippen LogP contribution in [0, 0.1) is 11.5 Å². The third-order valence-corrected chi connectivity index (χ3v) is 4.32. The minimum atomic E-state index is -1.36. The molecule has 0 unspecified atom stereocenters.